The van der Waals surface area contributed by atoms with Gasteiger partial charge in [-0.3, -0.25) is 9.97 Å². The summed E-state index contributed by atoms with van der Waals surface area (Å²) in [6, 6.07) is 26.6. The molecule has 0 N–H and O–H groups in total. The van der Waals surface area contributed by atoms with Crippen molar-refractivity contribution < 1.29 is 6.85 Å². The zero-order chi connectivity index (χ0) is 28.5. The van der Waals surface area contributed by atoms with Crippen LogP contribution in [0.25, 0.3) is 56.4 Å². The summed E-state index contributed by atoms with van der Waals surface area (Å²) >= 11 is 0. The van der Waals surface area contributed by atoms with Gasteiger partial charge in [-0.2, -0.15) is 0 Å². The molecule has 0 atom stereocenters. The first-order valence-corrected chi connectivity index (χ1v) is 11.4. The Hall–Kier alpha value is -4.96. The monoisotopic (exact) mass is 467 g/mol. The fraction of sp³-hybridized carbons (Fsp3) is 0. The van der Waals surface area contributed by atoms with Crippen molar-refractivity contribution in [1.82, 2.24) is 19.9 Å². The maximum absolute atomic E-state index is 8.37. The zero-order valence-electron chi connectivity index (χ0n) is 24.1. The third-order valence-electron chi connectivity index (χ3n) is 5.67. The molecule has 6 aromatic rings. The molecule has 0 bridgehead atoms. The first-order valence-electron chi connectivity index (χ1n) is 13.9. The van der Waals surface area contributed by atoms with Gasteiger partial charge >= 0.3 is 0 Å². The van der Waals surface area contributed by atoms with E-state index in [-0.39, 0.29) is 29.7 Å². The van der Waals surface area contributed by atoms with Gasteiger partial charge in [-0.1, -0.05) is 66.6 Å². The molecule has 0 saturated heterocycles. The molecule has 2 aromatic carbocycles. The predicted octanol–water partition coefficient (Wildman–Crippen LogP) is 7.60. The number of hydrogen-bond acceptors (Lipinski definition) is 4. The maximum atomic E-state index is 8.37. The lowest BCUT2D eigenvalue weighted by Crippen LogP contribution is -1.95. The summed E-state index contributed by atoms with van der Waals surface area (Å²) < 4.78 is 40.7. The van der Waals surface area contributed by atoms with Gasteiger partial charge in [0.2, 0.25) is 0 Å². The Labute approximate surface area is 217 Å². The Morgan fingerprint density at radius 2 is 0.972 bits per heavy atom. The summed E-state index contributed by atoms with van der Waals surface area (Å²) in [4.78, 5) is 18.7. The van der Waals surface area contributed by atoms with Crippen molar-refractivity contribution in [3.05, 3.63) is 134 Å². The largest absolute Gasteiger partial charge is 0.255 e. The minimum atomic E-state index is -0.415. The molecule has 0 aliphatic heterocycles. The van der Waals surface area contributed by atoms with Crippen molar-refractivity contribution in [2.45, 2.75) is 0 Å². The van der Waals surface area contributed by atoms with Crippen LogP contribution < -0.4 is 0 Å². The average molecular weight is 468 g/mol. The van der Waals surface area contributed by atoms with Crippen LogP contribution in [0.15, 0.2) is 134 Å². The molecule has 4 nitrogen and oxygen atoms in total. The van der Waals surface area contributed by atoms with E-state index in [1.54, 1.807) is 30.6 Å². The second-order valence-corrected chi connectivity index (χ2v) is 8.05. The van der Waals surface area contributed by atoms with Crippen molar-refractivity contribution in [2.75, 3.05) is 0 Å². The first kappa shape index (κ1) is 16.6. The van der Waals surface area contributed by atoms with Crippen LogP contribution in [0.3, 0.4) is 0 Å². The third-order valence-corrected chi connectivity index (χ3v) is 5.67. The van der Waals surface area contributed by atoms with E-state index < -0.39 is 6.04 Å². The molecule has 0 aliphatic rings. The van der Waals surface area contributed by atoms with Gasteiger partial charge in [0.25, 0.3) is 0 Å². The van der Waals surface area contributed by atoms with Gasteiger partial charge in [0.05, 0.1) is 41.0 Å². The fourth-order valence-corrected chi connectivity index (χ4v) is 3.95. The van der Waals surface area contributed by atoms with Crippen molar-refractivity contribution in [2.24, 2.45) is 0 Å². The quantitative estimate of drug-likeness (QED) is 0.262. The van der Waals surface area contributed by atoms with Gasteiger partial charge < -0.3 is 0 Å². The average Bonchev–Trinajstić information content (AvgIpc) is 3.04. The molecule has 0 saturated carbocycles. The van der Waals surface area contributed by atoms with Crippen LogP contribution in [0.1, 0.15) is 6.85 Å². The van der Waals surface area contributed by atoms with E-state index in [4.69, 9.17) is 16.8 Å². The van der Waals surface area contributed by atoms with E-state index in [9.17, 15) is 0 Å². The number of nitrogens with zero attached hydrogens (tertiary/aromatic N) is 4. The van der Waals surface area contributed by atoms with Crippen LogP contribution in [0.5, 0.6) is 0 Å². The molecule has 0 aliphatic carbocycles. The van der Waals surface area contributed by atoms with Crippen molar-refractivity contribution >= 4 is 0 Å². The zero-order valence-corrected chi connectivity index (χ0v) is 19.1. The van der Waals surface area contributed by atoms with Gasteiger partial charge in [-0.05, 0) is 65.7 Å². The molecule has 4 heteroatoms. The molecular formula is C32H22N4. The number of benzene rings is 2. The molecule has 0 radical (unpaired) electrons. The van der Waals surface area contributed by atoms with Crippen LogP contribution >= 0.6 is 0 Å². The predicted molar refractivity (Wildman–Crippen MR) is 145 cm³/mol. The molecular weight excluding hydrogens is 440 g/mol. The highest BCUT2D eigenvalue weighted by molar-refractivity contribution is 5.76. The Morgan fingerprint density at radius 1 is 0.417 bits per heavy atom. The van der Waals surface area contributed by atoms with Gasteiger partial charge in [0.1, 0.15) is 0 Å². The first-order chi connectivity index (χ1) is 19.9. The number of aromatic nitrogens is 4. The molecule has 6 rings (SSSR count). The lowest BCUT2D eigenvalue weighted by molar-refractivity contribution is 1.21. The summed E-state index contributed by atoms with van der Waals surface area (Å²) in [5.41, 5.74) is 6.50. The standard InChI is InChI=1S/C32H22N4/c1-2-10-23(11-3-1)24-12-8-13-25(20-24)27-16-9-17-28(35-27)26-21-31(29-14-4-6-18-33-29)36-32(22-26)30-15-5-7-19-34-30/h1-22H/i1D,2D,3D,10D,11D. The summed E-state index contributed by atoms with van der Waals surface area (Å²) in [5, 5.41) is 0. The molecule has 4 aromatic heterocycles. The van der Waals surface area contributed by atoms with Gasteiger partial charge in [0, 0.05) is 23.5 Å². The summed E-state index contributed by atoms with van der Waals surface area (Å²) in [7, 11) is 0. The minimum Gasteiger partial charge on any atom is -0.255 e. The van der Waals surface area contributed by atoms with E-state index >= 15 is 0 Å². The Bertz CT molecular complexity index is 1810. The molecule has 170 valence electrons. The van der Waals surface area contributed by atoms with E-state index in [1.165, 1.54) is 0 Å². The SMILES string of the molecule is [2H]c1c([2H])c([2H])c(-c2cccc(-c3cccc(-c4cc(-c5ccccn5)nc(-c5ccccn5)c4)n3)c2)c([2H])c1[2H]. The Kier molecular flexibility index (Phi) is 4.49. The highest BCUT2D eigenvalue weighted by atomic mass is 14.8. The number of rotatable bonds is 5. The van der Waals surface area contributed by atoms with Crippen LogP contribution in [-0.4, -0.2) is 19.9 Å². The summed E-state index contributed by atoms with van der Waals surface area (Å²) in [6.07, 6.45) is 3.46. The normalized spacial score (nSPS) is 12.7. The lowest BCUT2D eigenvalue weighted by atomic mass is 10.0. The highest BCUT2D eigenvalue weighted by Gasteiger charge is 2.12. The van der Waals surface area contributed by atoms with Gasteiger partial charge in [-0.15, -0.1) is 0 Å². The molecule has 0 fully saturated rings. The Morgan fingerprint density at radius 3 is 1.61 bits per heavy atom. The fourth-order valence-electron chi connectivity index (χ4n) is 3.95. The van der Waals surface area contributed by atoms with Crippen molar-refractivity contribution in [3.63, 3.8) is 0 Å². The molecule has 0 spiro atoms. The van der Waals surface area contributed by atoms with Crippen LogP contribution in [0, 0.1) is 0 Å². The van der Waals surface area contributed by atoms with Gasteiger partial charge in [-0.25, -0.2) is 9.97 Å². The van der Waals surface area contributed by atoms with E-state index in [0.717, 1.165) is 22.5 Å². The van der Waals surface area contributed by atoms with Gasteiger partial charge in [0.15, 0.2) is 0 Å². The lowest BCUT2D eigenvalue weighted by Gasteiger charge is -2.10. The maximum Gasteiger partial charge on any atom is 0.0901 e. The topological polar surface area (TPSA) is 51.6 Å². The van der Waals surface area contributed by atoms with Crippen LogP contribution in [0.2, 0.25) is 0 Å². The molecule has 0 amide bonds. The van der Waals surface area contributed by atoms with Crippen LogP contribution in [0.4, 0.5) is 0 Å². The third kappa shape index (κ3) is 4.52. The van der Waals surface area contributed by atoms with E-state index in [0.29, 0.717) is 28.3 Å². The van der Waals surface area contributed by atoms with Crippen molar-refractivity contribution in [1.29, 1.82) is 0 Å². The summed E-state index contributed by atoms with van der Waals surface area (Å²) in [6.45, 7) is 0. The Balaban J connectivity index is 1.46. The van der Waals surface area contributed by atoms with E-state index in [1.807, 2.05) is 72.8 Å². The smallest absolute Gasteiger partial charge is 0.0901 e. The molecule has 4 heterocycles. The molecule has 36 heavy (non-hydrogen) atoms. The molecule has 0 unspecified atom stereocenters. The summed E-state index contributed by atoms with van der Waals surface area (Å²) in [5.74, 6) is 0. The second-order valence-electron chi connectivity index (χ2n) is 8.05. The number of pyridine rings is 4. The highest BCUT2D eigenvalue weighted by Crippen LogP contribution is 2.30. The second kappa shape index (κ2) is 9.72. The van der Waals surface area contributed by atoms with Crippen LogP contribution in [-0.2, 0) is 0 Å². The van der Waals surface area contributed by atoms with Crippen molar-refractivity contribution in [3.8, 4) is 56.4 Å². The van der Waals surface area contributed by atoms with E-state index in [2.05, 4.69) is 9.97 Å². The number of hydrogen-bond donors (Lipinski definition) is 0. The minimum absolute atomic E-state index is 0.156.